The standard InChI is InChI=1S/C20H33N5O/c1-3-25(4-2)19-8-7-17(13-21-19)14-22-20(26)23-18-9-11-24(12-10-18)15-16-5-6-16/h7-8,13,16,18H,3-6,9-12,14-15H2,1-2H3,(H2,22,23,26). The Labute approximate surface area is 157 Å². The molecule has 1 aliphatic carbocycles. The Morgan fingerprint density at radius 3 is 2.50 bits per heavy atom. The van der Waals surface area contributed by atoms with Crippen LogP contribution in [0.5, 0.6) is 0 Å². The van der Waals surface area contributed by atoms with Gasteiger partial charge in [0.25, 0.3) is 0 Å². The van der Waals surface area contributed by atoms with Crippen LogP contribution in [0.4, 0.5) is 10.6 Å². The van der Waals surface area contributed by atoms with E-state index in [9.17, 15) is 4.79 Å². The van der Waals surface area contributed by atoms with Gasteiger partial charge >= 0.3 is 6.03 Å². The van der Waals surface area contributed by atoms with E-state index >= 15 is 0 Å². The largest absolute Gasteiger partial charge is 0.357 e. The minimum atomic E-state index is -0.0709. The first-order chi connectivity index (χ1) is 12.7. The Morgan fingerprint density at radius 1 is 1.19 bits per heavy atom. The van der Waals surface area contributed by atoms with Crippen LogP contribution in [0.1, 0.15) is 45.1 Å². The first-order valence-corrected chi connectivity index (χ1v) is 10.1. The summed E-state index contributed by atoms with van der Waals surface area (Å²) in [6.45, 7) is 10.1. The molecule has 3 rings (SSSR count). The number of hydrogen-bond acceptors (Lipinski definition) is 4. The van der Waals surface area contributed by atoms with E-state index in [4.69, 9.17) is 0 Å². The third-order valence-electron chi connectivity index (χ3n) is 5.49. The van der Waals surface area contributed by atoms with E-state index in [0.29, 0.717) is 12.6 Å². The van der Waals surface area contributed by atoms with E-state index in [0.717, 1.165) is 56.3 Å². The van der Waals surface area contributed by atoms with Gasteiger partial charge in [-0.15, -0.1) is 0 Å². The molecule has 0 atom stereocenters. The van der Waals surface area contributed by atoms with Crippen molar-refractivity contribution in [2.45, 2.75) is 52.1 Å². The predicted molar refractivity (Wildman–Crippen MR) is 105 cm³/mol. The number of rotatable bonds is 8. The summed E-state index contributed by atoms with van der Waals surface area (Å²) in [6, 6.07) is 4.29. The summed E-state index contributed by atoms with van der Waals surface area (Å²) < 4.78 is 0. The van der Waals surface area contributed by atoms with Crippen LogP contribution >= 0.6 is 0 Å². The molecule has 1 saturated heterocycles. The Hall–Kier alpha value is -1.82. The van der Waals surface area contributed by atoms with Crippen LogP contribution in [-0.4, -0.2) is 54.7 Å². The van der Waals surface area contributed by atoms with Gasteiger partial charge in [-0.3, -0.25) is 0 Å². The number of piperidine rings is 1. The fourth-order valence-corrected chi connectivity index (χ4v) is 3.60. The molecule has 1 saturated carbocycles. The summed E-state index contributed by atoms with van der Waals surface area (Å²) in [5, 5.41) is 6.08. The maximum Gasteiger partial charge on any atom is 0.315 e. The highest BCUT2D eigenvalue weighted by Gasteiger charge is 2.27. The van der Waals surface area contributed by atoms with Gasteiger partial charge < -0.3 is 20.4 Å². The zero-order valence-electron chi connectivity index (χ0n) is 16.2. The molecule has 6 heteroatoms. The Kier molecular flexibility index (Phi) is 6.72. The third kappa shape index (κ3) is 5.59. The molecule has 0 aromatic carbocycles. The molecule has 1 aromatic heterocycles. The molecule has 1 aliphatic heterocycles. The number of anilines is 1. The fraction of sp³-hybridized carbons (Fsp3) is 0.700. The summed E-state index contributed by atoms with van der Waals surface area (Å²) in [5.74, 6) is 1.94. The molecule has 2 fully saturated rings. The lowest BCUT2D eigenvalue weighted by Gasteiger charge is -2.32. The van der Waals surface area contributed by atoms with Crippen molar-refractivity contribution in [1.29, 1.82) is 0 Å². The maximum atomic E-state index is 12.2. The number of pyridine rings is 1. The number of nitrogens with one attached hydrogen (secondary N) is 2. The minimum Gasteiger partial charge on any atom is -0.357 e. The number of carbonyl (C=O) groups excluding carboxylic acids is 1. The van der Waals surface area contributed by atoms with E-state index in [2.05, 4.69) is 39.3 Å². The van der Waals surface area contributed by atoms with Crippen molar-refractivity contribution in [2.75, 3.05) is 37.6 Å². The minimum absolute atomic E-state index is 0.0709. The summed E-state index contributed by atoms with van der Waals surface area (Å²) in [6.07, 6.45) is 6.78. The zero-order valence-corrected chi connectivity index (χ0v) is 16.2. The van der Waals surface area contributed by atoms with Gasteiger partial charge in [0, 0.05) is 51.5 Å². The topological polar surface area (TPSA) is 60.5 Å². The van der Waals surface area contributed by atoms with E-state index in [-0.39, 0.29) is 6.03 Å². The number of urea groups is 1. The summed E-state index contributed by atoms with van der Waals surface area (Å²) in [5.41, 5.74) is 1.02. The van der Waals surface area contributed by atoms with Gasteiger partial charge in [-0.05, 0) is 57.1 Å². The lowest BCUT2D eigenvalue weighted by atomic mass is 10.0. The number of carbonyl (C=O) groups is 1. The van der Waals surface area contributed by atoms with Gasteiger partial charge in [0.15, 0.2) is 0 Å². The molecule has 2 N–H and O–H groups in total. The summed E-state index contributed by atoms with van der Waals surface area (Å²) in [7, 11) is 0. The van der Waals surface area contributed by atoms with Crippen molar-refractivity contribution in [1.82, 2.24) is 20.5 Å². The van der Waals surface area contributed by atoms with E-state index in [1.165, 1.54) is 19.4 Å². The molecule has 0 bridgehead atoms. The van der Waals surface area contributed by atoms with Crippen LogP contribution in [0.3, 0.4) is 0 Å². The van der Waals surface area contributed by atoms with Crippen molar-refractivity contribution in [3.05, 3.63) is 23.9 Å². The Bertz CT molecular complexity index is 560. The number of likely N-dealkylation sites (tertiary alicyclic amines) is 1. The van der Waals surface area contributed by atoms with Gasteiger partial charge in [-0.2, -0.15) is 0 Å². The number of amides is 2. The molecular formula is C20H33N5O. The molecule has 0 spiro atoms. The van der Waals surface area contributed by atoms with Crippen LogP contribution in [0.2, 0.25) is 0 Å². The second kappa shape index (κ2) is 9.21. The van der Waals surface area contributed by atoms with E-state index in [1.54, 1.807) is 0 Å². The van der Waals surface area contributed by atoms with Crippen molar-refractivity contribution < 1.29 is 4.79 Å². The van der Waals surface area contributed by atoms with Gasteiger partial charge in [-0.25, -0.2) is 9.78 Å². The van der Waals surface area contributed by atoms with Gasteiger partial charge in [0.05, 0.1) is 0 Å². The highest BCUT2D eigenvalue weighted by atomic mass is 16.2. The van der Waals surface area contributed by atoms with Crippen LogP contribution < -0.4 is 15.5 Å². The van der Waals surface area contributed by atoms with E-state index < -0.39 is 0 Å². The highest BCUT2D eigenvalue weighted by molar-refractivity contribution is 5.74. The average molecular weight is 360 g/mol. The van der Waals surface area contributed by atoms with Crippen molar-refractivity contribution in [2.24, 2.45) is 5.92 Å². The lowest BCUT2D eigenvalue weighted by Crippen LogP contribution is -2.48. The molecule has 2 heterocycles. The molecule has 144 valence electrons. The number of hydrogen-bond donors (Lipinski definition) is 2. The first kappa shape index (κ1) is 19.0. The summed E-state index contributed by atoms with van der Waals surface area (Å²) in [4.78, 5) is 21.4. The Morgan fingerprint density at radius 2 is 1.92 bits per heavy atom. The van der Waals surface area contributed by atoms with Crippen molar-refractivity contribution in [3.8, 4) is 0 Å². The van der Waals surface area contributed by atoms with Crippen molar-refractivity contribution >= 4 is 11.8 Å². The predicted octanol–water partition coefficient (Wildman–Crippen LogP) is 2.60. The van der Waals surface area contributed by atoms with Gasteiger partial charge in [-0.1, -0.05) is 6.07 Å². The molecule has 26 heavy (non-hydrogen) atoms. The fourth-order valence-electron chi connectivity index (χ4n) is 3.60. The van der Waals surface area contributed by atoms with Crippen LogP contribution in [0.25, 0.3) is 0 Å². The average Bonchev–Trinajstić information content (AvgIpc) is 3.48. The number of aromatic nitrogens is 1. The number of nitrogens with zero attached hydrogens (tertiary/aromatic N) is 3. The molecule has 1 aromatic rings. The van der Waals surface area contributed by atoms with Gasteiger partial charge in [0.1, 0.15) is 5.82 Å². The van der Waals surface area contributed by atoms with E-state index in [1.807, 2.05) is 18.3 Å². The second-order valence-corrected chi connectivity index (χ2v) is 7.54. The molecular weight excluding hydrogens is 326 g/mol. The van der Waals surface area contributed by atoms with Crippen LogP contribution in [0, 0.1) is 5.92 Å². The SMILES string of the molecule is CCN(CC)c1ccc(CNC(=O)NC2CCN(CC3CC3)CC2)cn1. The summed E-state index contributed by atoms with van der Waals surface area (Å²) >= 11 is 0. The zero-order chi connectivity index (χ0) is 18.4. The molecule has 6 nitrogen and oxygen atoms in total. The quantitative estimate of drug-likeness (QED) is 0.749. The maximum absolute atomic E-state index is 12.2. The second-order valence-electron chi connectivity index (χ2n) is 7.54. The Balaban J connectivity index is 1.36. The molecule has 2 aliphatic rings. The van der Waals surface area contributed by atoms with Crippen LogP contribution in [0.15, 0.2) is 18.3 Å². The smallest absolute Gasteiger partial charge is 0.315 e. The monoisotopic (exact) mass is 359 g/mol. The van der Waals surface area contributed by atoms with Gasteiger partial charge in [0.2, 0.25) is 0 Å². The molecule has 0 radical (unpaired) electrons. The third-order valence-corrected chi connectivity index (χ3v) is 5.49. The lowest BCUT2D eigenvalue weighted by molar-refractivity contribution is 0.187. The first-order valence-electron chi connectivity index (χ1n) is 10.1. The van der Waals surface area contributed by atoms with Crippen LogP contribution in [-0.2, 0) is 6.54 Å². The highest BCUT2D eigenvalue weighted by Crippen LogP contribution is 2.30. The molecule has 0 unspecified atom stereocenters. The van der Waals surface area contributed by atoms with Crippen molar-refractivity contribution in [3.63, 3.8) is 0 Å². The normalized spacial score (nSPS) is 18.5. The molecule has 2 amide bonds.